The first-order chi connectivity index (χ1) is 15.2. The number of rotatable bonds is 6. The molecule has 2 aromatic carbocycles. The molecule has 1 amide bonds. The lowest BCUT2D eigenvalue weighted by molar-refractivity contribution is 0.0526. The molecule has 10 heteroatoms. The van der Waals surface area contributed by atoms with Gasteiger partial charge in [-0.05, 0) is 56.2 Å². The largest absolute Gasteiger partial charge is 0.462 e. The molecule has 1 heterocycles. The van der Waals surface area contributed by atoms with Gasteiger partial charge >= 0.3 is 5.97 Å². The summed E-state index contributed by atoms with van der Waals surface area (Å²) in [4.78, 5) is 24.5. The van der Waals surface area contributed by atoms with Crippen molar-refractivity contribution in [1.82, 2.24) is 4.31 Å². The van der Waals surface area contributed by atoms with Crippen LogP contribution in [0.25, 0.3) is 0 Å². The molecular formula is C22H24Cl2N2O5S. The number of amides is 1. The highest BCUT2D eigenvalue weighted by atomic mass is 35.5. The van der Waals surface area contributed by atoms with E-state index >= 15 is 0 Å². The van der Waals surface area contributed by atoms with Gasteiger partial charge in [0.1, 0.15) is 4.90 Å². The molecule has 0 spiro atoms. The minimum Gasteiger partial charge on any atom is -0.462 e. The quantitative estimate of drug-likeness (QED) is 0.566. The average Bonchev–Trinajstić information content (AvgIpc) is 3.04. The monoisotopic (exact) mass is 498 g/mol. The lowest BCUT2D eigenvalue weighted by Crippen LogP contribution is -2.32. The zero-order valence-corrected chi connectivity index (χ0v) is 19.9. The summed E-state index contributed by atoms with van der Waals surface area (Å²) in [7, 11) is -3.82. The van der Waals surface area contributed by atoms with Gasteiger partial charge in [0.25, 0.3) is 5.91 Å². The first kappa shape index (κ1) is 24.5. The number of benzene rings is 2. The van der Waals surface area contributed by atoms with Gasteiger partial charge in [0.2, 0.25) is 10.0 Å². The molecule has 3 rings (SSSR count). The van der Waals surface area contributed by atoms with E-state index in [1.165, 1.54) is 40.7 Å². The predicted molar refractivity (Wildman–Crippen MR) is 124 cm³/mol. The Labute approximate surface area is 197 Å². The molecule has 1 aliphatic rings. The Morgan fingerprint density at radius 1 is 1.00 bits per heavy atom. The van der Waals surface area contributed by atoms with Crippen molar-refractivity contribution in [2.24, 2.45) is 0 Å². The molecule has 0 bridgehead atoms. The number of nitrogens with zero attached hydrogens (tertiary/aromatic N) is 1. The maximum absolute atomic E-state index is 13.1. The van der Waals surface area contributed by atoms with Crippen LogP contribution in [0.4, 0.5) is 5.69 Å². The molecular weight excluding hydrogens is 475 g/mol. The molecule has 0 saturated carbocycles. The van der Waals surface area contributed by atoms with Crippen LogP contribution in [0.1, 0.15) is 53.3 Å². The Balaban J connectivity index is 1.82. The normalized spacial score (nSPS) is 15.1. The van der Waals surface area contributed by atoms with Crippen LogP contribution in [0, 0.1) is 0 Å². The standard InChI is InChI=1S/C22H24Cl2N2O5S/c1-2-31-22(28)17-9-8-16(14-19(17)24)25-21(27)15-7-10-18(23)20(13-15)32(29,30)26-11-5-3-4-6-12-26/h7-10,13-14H,2-6,11-12H2,1H3,(H,25,27). The van der Waals surface area contributed by atoms with Crippen molar-refractivity contribution in [2.45, 2.75) is 37.5 Å². The van der Waals surface area contributed by atoms with Gasteiger partial charge < -0.3 is 10.1 Å². The third kappa shape index (κ3) is 5.61. The number of anilines is 1. The first-order valence-electron chi connectivity index (χ1n) is 10.3. The van der Waals surface area contributed by atoms with E-state index in [1.807, 2.05) is 0 Å². The molecule has 0 unspecified atom stereocenters. The highest BCUT2D eigenvalue weighted by Crippen LogP contribution is 2.28. The number of carbonyl (C=O) groups excluding carboxylic acids is 2. The molecule has 172 valence electrons. The minimum absolute atomic E-state index is 0.0626. The van der Waals surface area contributed by atoms with Gasteiger partial charge in [-0.2, -0.15) is 4.31 Å². The topological polar surface area (TPSA) is 92.8 Å². The fourth-order valence-electron chi connectivity index (χ4n) is 3.43. The Hall–Kier alpha value is -2.13. The van der Waals surface area contributed by atoms with Crippen LogP contribution in [-0.2, 0) is 14.8 Å². The van der Waals surface area contributed by atoms with Crippen molar-refractivity contribution < 1.29 is 22.7 Å². The van der Waals surface area contributed by atoms with Crippen LogP contribution < -0.4 is 5.32 Å². The third-order valence-electron chi connectivity index (χ3n) is 5.10. The molecule has 2 aromatic rings. The fraction of sp³-hybridized carbons (Fsp3) is 0.364. The molecule has 0 aliphatic carbocycles. The Morgan fingerprint density at radius 2 is 1.69 bits per heavy atom. The number of nitrogens with one attached hydrogen (secondary N) is 1. The van der Waals surface area contributed by atoms with Crippen LogP contribution in [-0.4, -0.2) is 44.3 Å². The van der Waals surface area contributed by atoms with Gasteiger partial charge in [-0.15, -0.1) is 0 Å². The van der Waals surface area contributed by atoms with Crippen molar-refractivity contribution >= 4 is 50.8 Å². The van der Waals surface area contributed by atoms with Gasteiger partial charge in [-0.25, -0.2) is 13.2 Å². The molecule has 1 N–H and O–H groups in total. The highest BCUT2D eigenvalue weighted by molar-refractivity contribution is 7.89. The molecule has 32 heavy (non-hydrogen) atoms. The minimum atomic E-state index is -3.82. The van der Waals surface area contributed by atoms with Crippen LogP contribution in [0.5, 0.6) is 0 Å². The van der Waals surface area contributed by atoms with Crippen LogP contribution in [0.3, 0.4) is 0 Å². The number of hydrogen-bond acceptors (Lipinski definition) is 5. The molecule has 1 aliphatic heterocycles. The molecule has 0 atom stereocenters. The molecule has 0 radical (unpaired) electrons. The molecule has 1 saturated heterocycles. The summed E-state index contributed by atoms with van der Waals surface area (Å²) in [5.74, 6) is -1.09. The maximum Gasteiger partial charge on any atom is 0.339 e. The smallest absolute Gasteiger partial charge is 0.339 e. The maximum atomic E-state index is 13.1. The molecule has 7 nitrogen and oxygen atoms in total. The zero-order chi connectivity index (χ0) is 23.3. The van der Waals surface area contributed by atoms with Crippen molar-refractivity contribution in [1.29, 1.82) is 0 Å². The Kier molecular flexibility index (Phi) is 8.16. The van der Waals surface area contributed by atoms with Crippen molar-refractivity contribution in [3.05, 3.63) is 57.6 Å². The number of halogens is 2. The van der Waals surface area contributed by atoms with E-state index in [0.29, 0.717) is 18.8 Å². The Morgan fingerprint density at radius 3 is 2.31 bits per heavy atom. The highest BCUT2D eigenvalue weighted by Gasteiger charge is 2.28. The summed E-state index contributed by atoms with van der Waals surface area (Å²) < 4.78 is 32.6. The summed E-state index contributed by atoms with van der Waals surface area (Å²) in [6, 6.07) is 8.53. The number of sulfonamides is 1. The summed E-state index contributed by atoms with van der Waals surface area (Å²) in [5, 5.41) is 2.85. The van der Waals surface area contributed by atoms with E-state index in [4.69, 9.17) is 27.9 Å². The molecule has 0 aromatic heterocycles. The summed E-state index contributed by atoms with van der Waals surface area (Å²) >= 11 is 12.3. The summed E-state index contributed by atoms with van der Waals surface area (Å²) in [6.45, 7) is 2.77. The SMILES string of the molecule is CCOC(=O)c1ccc(NC(=O)c2ccc(Cl)c(S(=O)(=O)N3CCCCCC3)c2)cc1Cl. The second-order valence-electron chi connectivity index (χ2n) is 7.33. The third-order valence-corrected chi connectivity index (χ3v) is 7.79. The van der Waals surface area contributed by atoms with Crippen LogP contribution in [0.15, 0.2) is 41.3 Å². The van der Waals surface area contributed by atoms with Crippen molar-refractivity contribution in [2.75, 3.05) is 25.0 Å². The fourth-order valence-corrected chi connectivity index (χ4v) is 5.71. The van der Waals surface area contributed by atoms with E-state index in [2.05, 4.69) is 5.32 Å². The van der Waals surface area contributed by atoms with Crippen molar-refractivity contribution in [3.8, 4) is 0 Å². The lowest BCUT2D eigenvalue weighted by Gasteiger charge is -2.21. The second kappa shape index (κ2) is 10.7. The van der Waals surface area contributed by atoms with Gasteiger partial charge in [0.15, 0.2) is 0 Å². The predicted octanol–water partition coefficient (Wildman–Crippen LogP) is 4.99. The first-order valence-corrected chi connectivity index (χ1v) is 12.5. The van der Waals surface area contributed by atoms with E-state index in [-0.39, 0.29) is 32.7 Å². The van der Waals surface area contributed by atoms with Gasteiger partial charge in [-0.1, -0.05) is 36.0 Å². The van der Waals surface area contributed by atoms with Crippen LogP contribution in [0.2, 0.25) is 10.0 Å². The van der Waals surface area contributed by atoms with Crippen molar-refractivity contribution in [3.63, 3.8) is 0 Å². The van der Waals surface area contributed by atoms with Crippen LogP contribution >= 0.6 is 23.2 Å². The number of carbonyl (C=O) groups is 2. The lowest BCUT2D eigenvalue weighted by atomic mass is 10.2. The van der Waals surface area contributed by atoms with E-state index in [0.717, 1.165) is 25.7 Å². The number of esters is 1. The van der Waals surface area contributed by atoms with E-state index in [1.54, 1.807) is 6.92 Å². The summed E-state index contributed by atoms with van der Waals surface area (Å²) in [5.41, 5.74) is 0.664. The number of hydrogen-bond donors (Lipinski definition) is 1. The molecule has 1 fully saturated rings. The van der Waals surface area contributed by atoms with Gasteiger partial charge in [0.05, 0.1) is 22.2 Å². The average molecular weight is 499 g/mol. The van der Waals surface area contributed by atoms with E-state index < -0.39 is 21.9 Å². The summed E-state index contributed by atoms with van der Waals surface area (Å²) in [6.07, 6.45) is 3.55. The second-order valence-corrected chi connectivity index (χ2v) is 10.1. The van der Waals surface area contributed by atoms with Gasteiger partial charge in [-0.3, -0.25) is 4.79 Å². The Bertz CT molecular complexity index is 1110. The zero-order valence-electron chi connectivity index (χ0n) is 17.6. The number of ether oxygens (including phenoxy) is 1. The van der Waals surface area contributed by atoms with Gasteiger partial charge in [0, 0.05) is 24.3 Å². The van der Waals surface area contributed by atoms with E-state index in [9.17, 15) is 18.0 Å².